The zero-order valence-corrected chi connectivity index (χ0v) is 9.87. The quantitative estimate of drug-likeness (QED) is 0.857. The van der Waals surface area contributed by atoms with Crippen LogP contribution in [0, 0.1) is 0 Å². The van der Waals surface area contributed by atoms with Gasteiger partial charge in [-0.25, -0.2) is 0 Å². The van der Waals surface area contributed by atoms with Crippen LogP contribution in [0.1, 0.15) is 30.4 Å². The average molecular weight is 259 g/mol. The summed E-state index contributed by atoms with van der Waals surface area (Å²) in [6, 6.07) is 5.53. The average Bonchev–Trinajstić information content (AvgIpc) is 2.71. The van der Waals surface area contributed by atoms with Crippen molar-refractivity contribution in [1.82, 2.24) is 0 Å². The molecule has 0 saturated heterocycles. The van der Waals surface area contributed by atoms with Crippen molar-refractivity contribution in [2.24, 2.45) is 5.73 Å². The maximum atomic E-state index is 13.0. The minimum Gasteiger partial charge on any atom is -0.393 e. The van der Waals surface area contributed by atoms with Crippen LogP contribution >= 0.6 is 0 Å². The summed E-state index contributed by atoms with van der Waals surface area (Å²) in [5, 5.41) is 9.61. The molecule has 1 aliphatic rings. The van der Waals surface area contributed by atoms with Crippen molar-refractivity contribution in [3.8, 4) is 0 Å². The number of nitrogens with two attached hydrogens (primary N) is 1. The predicted molar refractivity (Wildman–Crippen MR) is 62.0 cm³/mol. The maximum Gasteiger partial charge on any atom is 0.416 e. The SMILES string of the molecule is NCC1(c2ccccc2C(F)(F)F)CCC(O)C1. The predicted octanol–water partition coefficient (Wildman–Crippen LogP) is 2.45. The molecule has 0 aliphatic heterocycles. The van der Waals surface area contributed by atoms with E-state index < -0.39 is 23.3 Å². The van der Waals surface area contributed by atoms with Crippen LogP contribution in [0.5, 0.6) is 0 Å². The van der Waals surface area contributed by atoms with Gasteiger partial charge in [-0.2, -0.15) is 13.2 Å². The smallest absolute Gasteiger partial charge is 0.393 e. The Hall–Kier alpha value is -1.07. The fraction of sp³-hybridized carbons (Fsp3) is 0.538. The molecule has 0 aromatic heterocycles. The maximum absolute atomic E-state index is 13.0. The van der Waals surface area contributed by atoms with Gasteiger partial charge in [0.2, 0.25) is 0 Å². The largest absolute Gasteiger partial charge is 0.416 e. The molecule has 100 valence electrons. The van der Waals surface area contributed by atoms with Crippen LogP contribution in [0.2, 0.25) is 0 Å². The van der Waals surface area contributed by atoms with Crippen molar-refractivity contribution in [3.05, 3.63) is 35.4 Å². The van der Waals surface area contributed by atoms with Crippen LogP contribution in [-0.2, 0) is 11.6 Å². The van der Waals surface area contributed by atoms with E-state index in [2.05, 4.69) is 0 Å². The fourth-order valence-corrected chi connectivity index (χ4v) is 2.83. The fourth-order valence-electron chi connectivity index (χ4n) is 2.83. The van der Waals surface area contributed by atoms with Gasteiger partial charge in [0.15, 0.2) is 0 Å². The zero-order valence-electron chi connectivity index (χ0n) is 9.87. The van der Waals surface area contributed by atoms with Gasteiger partial charge in [-0.15, -0.1) is 0 Å². The Kier molecular flexibility index (Phi) is 3.38. The van der Waals surface area contributed by atoms with Crippen LogP contribution < -0.4 is 5.73 Å². The summed E-state index contributed by atoms with van der Waals surface area (Å²) in [5.74, 6) is 0. The van der Waals surface area contributed by atoms with E-state index in [9.17, 15) is 18.3 Å². The van der Waals surface area contributed by atoms with Crippen LogP contribution in [0.3, 0.4) is 0 Å². The van der Waals surface area contributed by atoms with Gasteiger partial charge < -0.3 is 10.8 Å². The summed E-state index contributed by atoms with van der Waals surface area (Å²) in [6.45, 7) is 0.122. The van der Waals surface area contributed by atoms with Crippen LogP contribution in [-0.4, -0.2) is 17.8 Å². The molecular weight excluding hydrogens is 243 g/mol. The molecule has 0 radical (unpaired) electrons. The summed E-state index contributed by atoms with van der Waals surface area (Å²) < 4.78 is 39.0. The summed E-state index contributed by atoms with van der Waals surface area (Å²) in [7, 11) is 0. The molecule has 18 heavy (non-hydrogen) atoms. The Morgan fingerprint density at radius 1 is 1.33 bits per heavy atom. The lowest BCUT2D eigenvalue weighted by molar-refractivity contribution is -0.138. The number of benzene rings is 1. The molecule has 0 heterocycles. The van der Waals surface area contributed by atoms with Gasteiger partial charge in [0, 0.05) is 12.0 Å². The Balaban J connectivity index is 2.50. The van der Waals surface area contributed by atoms with E-state index >= 15 is 0 Å². The molecule has 1 aromatic rings. The minimum atomic E-state index is -4.38. The van der Waals surface area contributed by atoms with Crippen molar-refractivity contribution >= 4 is 0 Å². The highest BCUT2D eigenvalue weighted by atomic mass is 19.4. The lowest BCUT2D eigenvalue weighted by Gasteiger charge is -2.30. The Labute approximate surface area is 104 Å². The Bertz CT molecular complexity index is 432. The van der Waals surface area contributed by atoms with Crippen molar-refractivity contribution in [2.45, 2.75) is 37.0 Å². The molecule has 1 aliphatic carbocycles. The lowest BCUT2D eigenvalue weighted by atomic mass is 9.76. The van der Waals surface area contributed by atoms with E-state index in [0.29, 0.717) is 19.3 Å². The standard InChI is InChI=1S/C13H16F3NO/c14-13(15,16)11-4-2-1-3-10(11)12(8-17)6-5-9(18)7-12/h1-4,9,18H,5-8,17H2. The van der Waals surface area contributed by atoms with Gasteiger partial charge in [0.25, 0.3) is 0 Å². The van der Waals surface area contributed by atoms with Crippen molar-refractivity contribution in [2.75, 3.05) is 6.54 Å². The molecule has 1 aromatic carbocycles. The summed E-state index contributed by atoms with van der Waals surface area (Å²) in [4.78, 5) is 0. The number of halogens is 3. The van der Waals surface area contributed by atoms with Crippen molar-refractivity contribution < 1.29 is 18.3 Å². The summed E-state index contributed by atoms with van der Waals surface area (Å²) in [5.41, 5.74) is 4.54. The number of aliphatic hydroxyl groups excluding tert-OH is 1. The first kappa shape index (κ1) is 13.4. The molecule has 5 heteroatoms. The number of hydrogen-bond acceptors (Lipinski definition) is 2. The molecule has 1 saturated carbocycles. The van der Waals surface area contributed by atoms with E-state index in [-0.39, 0.29) is 12.1 Å². The van der Waals surface area contributed by atoms with E-state index in [4.69, 9.17) is 5.73 Å². The van der Waals surface area contributed by atoms with Gasteiger partial charge in [0.1, 0.15) is 0 Å². The Morgan fingerprint density at radius 3 is 2.50 bits per heavy atom. The van der Waals surface area contributed by atoms with E-state index in [1.165, 1.54) is 12.1 Å². The molecular formula is C13H16F3NO. The van der Waals surface area contributed by atoms with Gasteiger partial charge in [0.05, 0.1) is 11.7 Å². The molecule has 2 atom stereocenters. The Morgan fingerprint density at radius 2 is 2.00 bits per heavy atom. The molecule has 0 bridgehead atoms. The minimum absolute atomic E-state index is 0.122. The highest BCUT2D eigenvalue weighted by molar-refractivity contribution is 5.38. The lowest BCUT2D eigenvalue weighted by Crippen LogP contribution is -2.35. The highest BCUT2D eigenvalue weighted by Gasteiger charge is 2.44. The zero-order chi connectivity index (χ0) is 13.4. The van der Waals surface area contributed by atoms with Gasteiger partial charge in [-0.3, -0.25) is 0 Å². The summed E-state index contributed by atoms with van der Waals surface area (Å²) in [6.07, 6.45) is -3.64. The first-order valence-corrected chi connectivity index (χ1v) is 5.94. The number of rotatable bonds is 2. The van der Waals surface area contributed by atoms with Gasteiger partial charge in [-0.1, -0.05) is 18.2 Å². The highest BCUT2D eigenvalue weighted by Crippen LogP contribution is 2.45. The first-order chi connectivity index (χ1) is 8.39. The van der Waals surface area contributed by atoms with Crippen LogP contribution in [0.15, 0.2) is 24.3 Å². The normalized spacial score (nSPS) is 28.6. The third-order valence-electron chi connectivity index (χ3n) is 3.78. The molecule has 2 unspecified atom stereocenters. The number of alkyl halides is 3. The summed E-state index contributed by atoms with van der Waals surface area (Å²) >= 11 is 0. The monoisotopic (exact) mass is 259 g/mol. The molecule has 2 nitrogen and oxygen atoms in total. The van der Waals surface area contributed by atoms with E-state index in [1.807, 2.05) is 0 Å². The van der Waals surface area contributed by atoms with Crippen molar-refractivity contribution in [1.29, 1.82) is 0 Å². The molecule has 0 amide bonds. The molecule has 2 rings (SSSR count). The van der Waals surface area contributed by atoms with Gasteiger partial charge in [-0.05, 0) is 30.9 Å². The third-order valence-corrected chi connectivity index (χ3v) is 3.78. The second kappa shape index (κ2) is 4.55. The second-order valence-corrected chi connectivity index (χ2v) is 4.92. The third kappa shape index (κ3) is 2.24. The molecule has 1 fully saturated rings. The first-order valence-electron chi connectivity index (χ1n) is 5.94. The van der Waals surface area contributed by atoms with E-state index in [1.54, 1.807) is 6.07 Å². The van der Waals surface area contributed by atoms with Crippen LogP contribution in [0.25, 0.3) is 0 Å². The molecule has 0 spiro atoms. The molecule has 3 N–H and O–H groups in total. The second-order valence-electron chi connectivity index (χ2n) is 4.92. The van der Waals surface area contributed by atoms with Gasteiger partial charge >= 0.3 is 6.18 Å². The van der Waals surface area contributed by atoms with Crippen LogP contribution in [0.4, 0.5) is 13.2 Å². The number of aliphatic hydroxyl groups is 1. The number of hydrogen-bond donors (Lipinski definition) is 2. The van der Waals surface area contributed by atoms with E-state index in [0.717, 1.165) is 6.07 Å². The van der Waals surface area contributed by atoms with Crippen molar-refractivity contribution in [3.63, 3.8) is 0 Å². The topological polar surface area (TPSA) is 46.2 Å².